The van der Waals surface area contributed by atoms with Crippen LogP contribution in [-0.4, -0.2) is 14.8 Å². The summed E-state index contributed by atoms with van der Waals surface area (Å²) >= 11 is 6.15. The number of halogens is 2. The van der Waals surface area contributed by atoms with Gasteiger partial charge in [0.05, 0.1) is 12.1 Å². The van der Waals surface area contributed by atoms with Gasteiger partial charge in [0, 0.05) is 10.9 Å². The van der Waals surface area contributed by atoms with Crippen molar-refractivity contribution in [2.24, 2.45) is 0 Å². The molecule has 0 spiro atoms. The molecule has 2 heterocycles. The Balaban J connectivity index is 1.65. The lowest BCUT2D eigenvalue weighted by Gasteiger charge is -1.99. The quantitative estimate of drug-likeness (QED) is 0.555. The number of aromatic nitrogens is 3. The maximum absolute atomic E-state index is 13.0. The number of hydrogen-bond donors (Lipinski definition) is 0. The van der Waals surface area contributed by atoms with Crippen LogP contribution in [0.1, 0.15) is 5.69 Å². The van der Waals surface area contributed by atoms with Gasteiger partial charge in [-0.05, 0) is 36.4 Å². The second-order valence-corrected chi connectivity index (χ2v) is 5.47. The first-order chi connectivity index (χ1) is 11.2. The standard InChI is InChI=1S/C17H11ClFN3O/c18-16-14-3-1-2-4-15(14)22(21-16)9-13-10-23-17(20-13)11-5-7-12(19)8-6-11/h1-8,10H,9H2. The topological polar surface area (TPSA) is 43.9 Å². The summed E-state index contributed by atoms with van der Waals surface area (Å²) in [6, 6.07) is 13.7. The molecule has 114 valence electrons. The van der Waals surface area contributed by atoms with Gasteiger partial charge in [0.1, 0.15) is 17.8 Å². The molecule has 0 saturated carbocycles. The second kappa shape index (κ2) is 5.52. The van der Waals surface area contributed by atoms with E-state index >= 15 is 0 Å². The van der Waals surface area contributed by atoms with Crippen molar-refractivity contribution in [1.29, 1.82) is 0 Å². The average Bonchev–Trinajstić information content (AvgIpc) is 3.15. The molecular weight excluding hydrogens is 317 g/mol. The van der Waals surface area contributed by atoms with Gasteiger partial charge < -0.3 is 4.42 Å². The lowest BCUT2D eigenvalue weighted by atomic mass is 10.2. The van der Waals surface area contributed by atoms with Gasteiger partial charge in [-0.3, -0.25) is 4.68 Å². The minimum Gasteiger partial charge on any atom is -0.444 e. The van der Waals surface area contributed by atoms with Crippen molar-refractivity contribution in [2.75, 3.05) is 0 Å². The highest BCUT2D eigenvalue weighted by Gasteiger charge is 2.11. The summed E-state index contributed by atoms with van der Waals surface area (Å²) in [6.45, 7) is 0.442. The minimum atomic E-state index is -0.293. The zero-order valence-corrected chi connectivity index (χ0v) is 12.7. The summed E-state index contributed by atoms with van der Waals surface area (Å²) in [6.07, 6.45) is 1.57. The molecule has 2 aromatic carbocycles. The maximum atomic E-state index is 13.0. The van der Waals surface area contributed by atoms with Crippen molar-refractivity contribution >= 4 is 22.5 Å². The Labute approximate surface area is 136 Å². The first-order valence-corrected chi connectivity index (χ1v) is 7.40. The number of para-hydroxylation sites is 1. The monoisotopic (exact) mass is 327 g/mol. The van der Waals surface area contributed by atoms with Gasteiger partial charge >= 0.3 is 0 Å². The molecule has 0 radical (unpaired) electrons. The van der Waals surface area contributed by atoms with E-state index in [0.717, 1.165) is 16.5 Å². The van der Waals surface area contributed by atoms with Gasteiger partial charge in [-0.25, -0.2) is 9.37 Å². The fraction of sp³-hybridized carbons (Fsp3) is 0.0588. The van der Waals surface area contributed by atoms with E-state index in [9.17, 15) is 4.39 Å². The van der Waals surface area contributed by atoms with E-state index in [1.807, 2.05) is 24.3 Å². The zero-order valence-electron chi connectivity index (χ0n) is 11.9. The minimum absolute atomic E-state index is 0.293. The Kier molecular flexibility index (Phi) is 3.35. The van der Waals surface area contributed by atoms with Gasteiger partial charge in [0.25, 0.3) is 0 Å². The van der Waals surface area contributed by atoms with Gasteiger partial charge in [-0.15, -0.1) is 0 Å². The Morgan fingerprint density at radius 1 is 1.09 bits per heavy atom. The highest BCUT2D eigenvalue weighted by Crippen LogP contribution is 2.24. The summed E-state index contributed by atoms with van der Waals surface area (Å²) in [5.74, 6) is 0.153. The summed E-state index contributed by atoms with van der Waals surface area (Å²) in [5, 5.41) is 5.69. The van der Waals surface area contributed by atoms with Crippen LogP contribution in [0.15, 0.2) is 59.2 Å². The molecule has 0 amide bonds. The van der Waals surface area contributed by atoms with Crippen LogP contribution in [0.3, 0.4) is 0 Å². The van der Waals surface area contributed by atoms with E-state index in [4.69, 9.17) is 16.0 Å². The number of oxazole rings is 1. The Morgan fingerprint density at radius 3 is 2.70 bits per heavy atom. The zero-order chi connectivity index (χ0) is 15.8. The molecule has 0 saturated heterocycles. The number of hydrogen-bond acceptors (Lipinski definition) is 3. The number of rotatable bonds is 3. The van der Waals surface area contributed by atoms with Crippen LogP contribution < -0.4 is 0 Å². The van der Waals surface area contributed by atoms with Crippen molar-refractivity contribution < 1.29 is 8.81 Å². The third kappa shape index (κ3) is 2.59. The first-order valence-electron chi connectivity index (χ1n) is 7.02. The van der Waals surface area contributed by atoms with Crippen molar-refractivity contribution in [3.8, 4) is 11.5 Å². The molecular formula is C17H11ClFN3O. The third-order valence-electron chi connectivity index (χ3n) is 3.57. The molecule has 2 aromatic heterocycles. The molecule has 0 bridgehead atoms. The van der Waals surface area contributed by atoms with E-state index in [0.29, 0.717) is 23.3 Å². The molecule has 0 aliphatic rings. The highest BCUT2D eigenvalue weighted by molar-refractivity contribution is 6.34. The fourth-order valence-electron chi connectivity index (χ4n) is 2.47. The van der Waals surface area contributed by atoms with E-state index in [1.165, 1.54) is 12.1 Å². The molecule has 0 aliphatic heterocycles. The van der Waals surface area contributed by atoms with Gasteiger partial charge in [-0.1, -0.05) is 23.7 Å². The molecule has 4 nitrogen and oxygen atoms in total. The van der Waals surface area contributed by atoms with Crippen molar-refractivity contribution in [3.63, 3.8) is 0 Å². The first kappa shape index (κ1) is 14.0. The normalized spacial score (nSPS) is 11.2. The number of benzene rings is 2. The maximum Gasteiger partial charge on any atom is 0.226 e. The Morgan fingerprint density at radius 2 is 1.87 bits per heavy atom. The van der Waals surface area contributed by atoms with Gasteiger partial charge in [0.15, 0.2) is 5.15 Å². The Hall–Kier alpha value is -2.66. The van der Waals surface area contributed by atoms with Gasteiger partial charge in [0.2, 0.25) is 5.89 Å². The molecule has 23 heavy (non-hydrogen) atoms. The van der Waals surface area contributed by atoms with Crippen LogP contribution in [0.5, 0.6) is 0 Å². The van der Waals surface area contributed by atoms with Crippen LogP contribution in [0.4, 0.5) is 4.39 Å². The van der Waals surface area contributed by atoms with Crippen molar-refractivity contribution in [2.45, 2.75) is 6.54 Å². The van der Waals surface area contributed by atoms with Crippen LogP contribution in [0.25, 0.3) is 22.4 Å². The largest absolute Gasteiger partial charge is 0.444 e. The molecule has 0 N–H and O–H groups in total. The predicted octanol–water partition coefficient (Wildman–Crippen LogP) is 4.53. The third-order valence-corrected chi connectivity index (χ3v) is 3.85. The van der Waals surface area contributed by atoms with Gasteiger partial charge in [-0.2, -0.15) is 5.10 Å². The molecule has 0 unspecified atom stereocenters. The van der Waals surface area contributed by atoms with Crippen LogP contribution in [-0.2, 0) is 6.54 Å². The average molecular weight is 328 g/mol. The molecule has 0 atom stereocenters. The molecule has 0 fully saturated rings. The molecule has 4 aromatic rings. The lowest BCUT2D eigenvalue weighted by molar-refractivity contribution is 0.570. The van der Waals surface area contributed by atoms with Crippen molar-refractivity contribution in [1.82, 2.24) is 14.8 Å². The second-order valence-electron chi connectivity index (χ2n) is 5.12. The lowest BCUT2D eigenvalue weighted by Crippen LogP contribution is -2.01. The molecule has 4 rings (SSSR count). The van der Waals surface area contributed by atoms with E-state index < -0.39 is 0 Å². The van der Waals surface area contributed by atoms with Crippen LogP contribution >= 0.6 is 11.6 Å². The number of fused-ring (bicyclic) bond motifs is 1. The predicted molar refractivity (Wildman–Crippen MR) is 85.7 cm³/mol. The Bertz CT molecular complexity index is 975. The van der Waals surface area contributed by atoms with Crippen LogP contribution in [0, 0.1) is 5.82 Å². The molecule has 0 aliphatic carbocycles. The van der Waals surface area contributed by atoms with Crippen molar-refractivity contribution in [3.05, 3.63) is 71.5 Å². The molecule has 6 heteroatoms. The summed E-state index contributed by atoms with van der Waals surface area (Å²) < 4.78 is 20.2. The van der Waals surface area contributed by atoms with E-state index in [2.05, 4.69) is 10.1 Å². The SMILES string of the molecule is Fc1ccc(-c2nc(Cn3nc(Cl)c4ccccc43)co2)cc1. The number of nitrogens with zero attached hydrogens (tertiary/aromatic N) is 3. The fourth-order valence-corrected chi connectivity index (χ4v) is 2.72. The van der Waals surface area contributed by atoms with E-state index in [1.54, 1.807) is 23.1 Å². The van der Waals surface area contributed by atoms with E-state index in [-0.39, 0.29) is 5.82 Å². The summed E-state index contributed by atoms with van der Waals surface area (Å²) in [7, 11) is 0. The smallest absolute Gasteiger partial charge is 0.226 e. The highest BCUT2D eigenvalue weighted by atomic mass is 35.5. The summed E-state index contributed by atoms with van der Waals surface area (Å²) in [4.78, 5) is 4.43. The summed E-state index contributed by atoms with van der Waals surface area (Å²) in [5.41, 5.74) is 2.37. The van der Waals surface area contributed by atoms with Crippen LogP contribution in [0.2, 0.25) is 5.15 Å².